The third kappa shape index (κ3) is 4.27. The third-order valence-corrected chi connectivity index (χ3v) is 3.33. The Balaban J connectivity index is 2.55. The van der Waals surface area contributed by atoms with Crippen molar-refractivity contribution in [1.29, 1.82) is 0 Å². The molecule has 0 aliphatic heterocycles. The molecule has 1 rings (SSSR count). The molecule has 0 N–H and O–H groups in total. The zero-order valence-electron chi connectivity index (χ0n) is 8.80. The van der Waals surface area contributed by atoms with E-state index in [-0.39, 0.29) is 0 Å². The lowest BCUT2D eigenvalue weighted by Gasteiger charge is -2.15. The van der Waals surface area contributed by atoms with E-state index in [0.29, 0.717) is 0 Å². The minimum atomic E-state index is -0.933. The van der Waals surface area contributed by atoms with Crippen LogP contribution in [0.1, 0.15) is 11.1 Å². The molecule has 70 valence electrons. The van der Waals surface area contributed by atoms with Gasteiger partial charge in [-0.3, -0.25) is 0 Å². The summed E-state index contributed by atoms with van der Waals surface area (Å²) in [6, 6.07) is 9.63. The summed E-state index contributed by atoms with van der Waals surface area (Å²) in [5.41, 5.74) is 2.42. The molecule has 0 aliphatic carbocycles. The first-order valence-corrected chi connectivity index (χ1v) is 8.43. The van der Waals surface area contributed by atoms with Crippen LogP contribution in [0.2, 0.25) is 25.7 Å². The summed E-state index contributed by atoms with van der Waals surface area (Å²) in [5.74, 6) is 0. The van der Waals surface area contributed by atoms with Gasteiger partial charge in [0.2, 0.25) is 0 Å². The highest BCUT2D eigenvalue weighted by molar-refractivity contribution is 6.76. The number of rotatable bonds is 3. The maximum atomic E-state index is 3.92. The molecule has 0 spiro atoms. The summed E-state index contributed by atoms with van der Waals surface area (Å²) in [7, 11) is -0.933. The average Bonchev–Trinajstić information content (AvgIpc) is 2.00. The Labute approximate surface area is 83.0 Å². The predicted octanol–water partition coefficient (Wildman–Crippen LogP) is 3.76. The quantitative estimate of drug-likeness (QED) is 0.637. The van der Waals surface area contributed by atoms with Gasteiger partial charge >= 0.3 is 0 Å². The topological polar surface area (TPSA) is 0 Å². The van der Waals surface area contributed by atoms with Crippen molar-refractivity contribution in [3.63, 3.8) is 0 Å². The Kier molecular flexibility index (Phi) is 3.31. The van der Waals surface area contributed by atoms with Crippen molar-refractivity contribution < 1.29 is 0 Å². The van der Waals surface area contributed by atoms with Crippen LogP contribution < -0.4 is 0 Å². The highest BCUT2D eigenvalue weighted by atomic mass is 28.3. The van der Waals surface area contributed by atoms with Gasteiger partial charge in [-0.2, -0.15) is 0 Å². The van der Waals surface area contributed by atoms with Gasteiger partial charge in [0, 0.05) is 8.07 Å². The van der Waals surface area contributed by atoms with Gasteiger partial charge in [0.1, 0.15) is 0 Å². The van der Waals surface area contributed by atoms with E-state index in [4.69, 9.17) is 0 Å². The fraction of sp³-hybridized carbons (Fsp3) is 0.333. The molecule has 2 radical (unpaired) electrons. The van der Waals surface area contributed by atoms with Gasteiger partial charge in [-0.05, 0) is 24.5 Å². The molecule has 13 heavy (non-hydrogen) atoms. The lowest BCUT2D eigenvalue weighted by atomic mass is 10.1. The van der Waals surface area contributed by atoms with E-state index in [0.717, 1.165) is 5.56 Å². The number of hydrogen-bond donors (Lipinski definition) is 0. The van der Waals surface area contributed by atoms with Crippen LogP contribution in [0.5, 0.6) is 0 Å². The van der Waals surface area contributed by atoms with Crippen molar-refractivity contribution in [1.82, 2.24) is 0 Å². The van der Waals surface area contributed by atoms with Gasteiger partial charge in [-0.1, -0.05) is 50.0 Å². The Hall–Kier alpha value is -0.563. The maximum absolute atomic E-state index is 3.92. The van der Waals surface area contributed by atoms with Gasteiger partial charge < -0.3 is 0 Å². The van der Waals surface area contributed by atoms with E-state index in [1.54, 1.807) is 0 Å². The molecular weight excluding hydrogens is 172 g/mol. The minimum Gasteiger partial charge on any atom is -0.0695 e. The lowest BCUT2D eigenvalue weighted by Crippen LogP contribution is -2.19. The normalized spacial score (nSPS) is 11.7. The van der Waals surface area contributed by atoms with Crippen molar-refractivity contribution in [3.05, 3.63) is 48.7 Å². The van der Waals surface area contributed by atoms with E-state index in [2.05, 4.69) is 51.2 Å². The van der Waals surface area contributed by atoms with Crippen molar-refractivity contribution in [3.8, 4) is 0 Å². The Morgan fingerprint density at radius 1 is 1.31 bits per heavy atom. The number of benzene rings is 1. The summed E-state index contributed by atoms with van der Waals surface area (Å²) < 4.78 is 0. The molecule has 0 saturated heterocycles. The van der Waals surface area contributed by atoms with Crippen molar-refractivity contribution in [2.24, 2.45) is 0 Å². The molecular formula is C12H18Si. The first kappa shape index (κ1) is 10.5. The monoisotopic (exact) mass is 190 g/mol. The zero-order chi connectivity index (χ0) is 9.90. The molecule has 0 heterocycles. The van der Waals surface area contributed by atoms with Crippen LogP contribution >= 0.6 is 0 Å². The Morgan fingerprint density at radius 2 is 2.00 bits per heavy atom. The molecule has 0 saturated carbocycles. The molecule has 0 aromatic heterocycles. The van der Waals surface area contributed by atoms with Crippen LogP contribution in [0.25, 0.3) is 0 Å². The van der Waals surface area contributed by atoms with Crippen LogP contribution in [-0.4, -0.2) is 8.07 Å². The maximum Gasteiger partial charge on any atom is 0.0448 e. The molecule has 0 amide bonds. The highest BCUT2D eigenvalue weighted by Gasteiger charge is 2.12. The Bertz CT molecular complexity index is 271. The summed E-state index contributed by atoms with van der Waals surface area (Å²) in [4.78, 5) is 0. The standard InChI is InChI=1S/C12H18Si/c1-11-6-5-7-12(10-11)8-9-13(2,3)4/h5-8,10H,1,9H2,2-4H3. The molecule has 0 bridgehead atoms. The van der Waals surface area contributed by atoms with Gasteiger partial charge in [0.05, 0.1) is 0 Å². The molecule has 0 aliphatic rings. The fourth-order valence-corrected chi connectivity index (χ4v) is 1.99. The zero-order valence-corrected chi connectivity index (χ0v) is 9.80. The second-order valence-corrected chi connectivity index (χ2v) is 10.2. The summed E-state index contributed by atoms with van der Waals surface area (Å²) >= 11 is 0. The minimum absolute atomic E-state index is 0.933. The summed E-state index contributed by atoms with van der Waals surface area (Å²) in [6.07, 6.45) is 2.33. The Morgan fingerprint density at radius 3 is 2.54 bits per heavy atom. The van der Waals surface area contributed by atoms with Crippen LogP contribution in [0.15, 0.2) is 24.3 Å². The first-order valence-electron chi connectivity index (χ1n) is 4.73. The largest absolute Gasteiger partial charge is 0.0695 e. The van der Waals surface area contributed by atoms with Crippen LogP contribution in [0.4, 0.5) is 0 Å². The van der Waals surface area contributed by atoms with E-state index >= 15 is 0 Å². The van der Waals surface area contributed by atoms with Crippen molar-refractivity contribution >= 4 is 8.07 Å². The van der Waals surface area contributed by atoms with E-state index in [1.165, 1.54) is 11.6 Å². The van der Waals surface area contributed by atoms with Crippen LogP contribution in [-0.2, 0) is 0 Å². The SMILES string of the molecule is [CH2]c1cccc([CH]C[Si](C)(C)C)c1. The molecule has 1 aromatic rings. The lowest BCUT2D eigenvalue weighted by molar-refractivity contribution is 1.34. The average molecular weight is 190 g/mol. The molecule has 0 unspecified atom stereocenters. The summed E-state index contributed by atoms with van der Waals surface area (Å²) in [6.45, 7) is 11.1. The van der Waals surface area contributed by atoms with Gasteiger partial charge in [-0.25, -0.2) is 0 Å². The molecule has 0 atom stereocenters. The molecule has 1 heteroatoms. The first-order chi connectivity index (χ1) is 5.97. The fourth-order valence-electron chi connectivity index (χ4n) is 1.14. The number of hydrogen-bond acceptors (Lipinski definition) is 0. The van der Waals surface area contributed by atoms with Gasteiger partial charge in [0.15, 0.2) is 0 Å². The second kappa shape index (κ2) is 4.10. The van der Waals surface area contributed by atoms with Crippen molar-refractivity contribution in [2.45, 2.75) is 25.7 Å². The molecule has 1 aromatic carbocycles. The highest BCUT2D eigenvalue weighted by Crippen LogP contribution is 2.16. The smallest absolute Gasteiger partial charge is 0.0448 e. The van der Waals surface area contributed by atoms with Crippen molar-refractivity contribution in [2.75, 3.05) is 0 Å². The second-order valence-electron chi connectivity index (χ2n) is 4.71. The van der Waals surface area contributed by atoms with E-state index in [1.807, 2.05) is 6.07 Å². The van der Waals surface area contributed by atoms with E-state index < -0.39 is 8.07 Å². The van der Waals surface area contributed by atoms with Crippen LogP contribution in [0.3, 0.4) is 0 Å². The van der Waals surface area contributed by atoms with Gasteiger partial charge in [0.25, 0.3) is 0 Å². The van der Waals surface area contributed by atoms with Crippen LogP contribution in [0, 0.1) is 13.3 Å². The molecule has 0 nitrogen and oxygen atoms in total. The van der Waals surface area contributed by atoms with E-state index in [9.17, 15) is 0 Å². The third-order valence-electron chi connectivity index (χ3n) is 1.90. The predicted molar refractivity (Wildman–Crippen MR) is 62.5 cm³/mol. The molecule has 0 fully saturated rings. The summed E-state index contributed by atoms with van der Waals surface area (Å²) in [5, 5.41) is 0. The van der Waals surface area contributed by atoms with Gasteiger partial charge in [-0.15, -0.1) is 0 Å².